The highest BCUT2D eigenvalue weighted by atomic mass is 32.2. The Morgan fingerprint density at radius 2 is 1.89 bits per heavy atom. The molecule has 10 heteroatoms. The second kappa shape index (κ2) is 11.2. The van der Waals surface area contributed by atoms with E-state index in [4.69, 9.17) is 9.72 Å². The highest BCUT2D eigenvalue weighted by Crippen LogP contribution is 2.25. The van der Waals surface area contributed by atoms with Crippen molar-refractivity contribution in [3.05, 3.63) is 60.0 Å². The molecule has 1 aromatic heterocycles. The third-order valence-electron chi connectivity index (χ3n) is 5.87. The lowest BCUT2D eigenvalue weighted by atomic mass is 10.1. The molecule has 9 nitrogen and oxygen atoms in total. The van der Waals surface area contributed by atoms with Crippen molar-refractivity contribution in [1.29, 1.82) is 0 Å². The number of nitrogens with one attached hydrogen (secondary N) is 3. The Kier molecular flexibility index (Phi) is 8.04. The van der Waals surface area contributed by atoms with Crippen molar-refractivity contribution in [3.8, 4) is 0 Å². The fourth-order valence-corrected chi connectivity index (χ4v) is 5.59. The van der Waals surface area contributed by atoms with Crippen LogP contribution < -0.4 is 20.3 Å². The summed E-state index contributed by atoms with van der Waals surface area (Å²) in [6.45, 7) is 8.96. The zero-order valence-electron chi connectivity index (χ0n) is 20.5. The van der Waals surface area contributed by atoms with Crippen molar-refractivity contribution in [2.45, 2.75) is 44.9 Å². The maximum Gasteiger partial charge on any atom is 0.229 e. The van der Waals surface area contributed by atoms with Crippen LogP contribution in [0.25, 0.3) is 0 Å². The minimum Gasteiger partial charge on any atom is -0.378 e. The monoisotopic (exact) mass is 498 g/mol. The Bertz CT molecular complexity index is 1170. The highest BCUT2D eigenvalue weighted by molar-refractivity contribution is 7.90. The first-order valence-corrected chi connectivity index (χ1v) is 13.6. The van der Waals surface area contributed by atoms with E-state index in [1.165, 1.54) is 0 Å². The van der Waals surface area contributed by atoms with Crippen LogP contribution in [0.2, 0.25) is 0 Å². The van der Waals surface area contributed by atoms with Gasteiger partial charge in [-0.05, 0) is 50.6 Å². The molecule has 0 saturated carbocycles. The second-order valence-corrected chi connectivity index (χ2v) is 10.9. The van der Waals surface area contributed by atoms with Gasteiger partial charge < -0.3 is 20.3 Å². The zero-order valence-corrected chi connectivity index (χ0v) is 21.3. The first kappa shape index (κ1) is 25.2. The van der Waals surface area contributed by atoms with Gasteiger partial charge in [-0.2, -0.15) is 4.98 Å². The average Bonchev–Trinajstić information content (AvgIpc) is 2.85. The summed E-state index contributed by atoms with van der Waals surface area (Å²) < 4.78 is 33.4. The Morgan fingerprint density at radius 1 is 1.14 bits per heavy atom. The molecular formula is C25H34N6O3S. The summed E-state index contributed by atoms with van der Waals surface area (Å²) in [6.07, 6.45) is 8.27. The molecule has 1 unspecified atom stereocenters. The number of aromatic nitrogens is 2. The fourth-order valence-electron chi connectivity index (χ4n) is 4.06. The Hall–Kier alpha value is -2.95. The molecule has 2 heterocycles. The zero-order chi connectivity index (χ0) is 24.8. The molecule has 0 bridgehead atoms. The number of nitrogens with zero attached hydrogens (tertiary/aromatic N) is 3. The summed E-state index contributed by atoms with van der Waals surface area (Å²) in [7, 11) is -3.46. The average molecular weight is 499 g/mol. The smallest absolute Gasteiger partial charge is 0.229 e. The Labute approximate surface area is 207 Å². The standard InChI is InChI=1S/C25H34N6O3S/c1-4-19-17-26-25(28-20-8-10-22(11-9-20)31-12-14-34-15-13-31)29-24(19)27-21-6-5-7-23(16-21)35(32,33)30-18(2)3/h5-11,17-18,23,30H,4,12-16H2,1-3H3,(H2,26,27,28,29). The van der Waals surface area contributed by atoms with Crippen LogP contribution in [-0.2, 0) is 21.2 Å². The van der Waals surface area contributed by atoms with E-state index in [2.05, 4.69) is 37.4 Å². The van der Waals surface area contributed by atoms with Crippen LogP contribution >= 0.6 is 0 Å². The van der Waals surface area contributed by atoms with Gasteiger partial charge >= 0.3 is 0 Å². The molecule has 3 N–H and O–H groups in total. The summed E-state index contributed by atoms with van der Waals surface area (Å²) >= 11 is 0. The van der Waals surface area contributed by atoms with Crippen LogP contribution in [0, 0.1) is 0 Å². The van der Waals surface area contributed by atoms with E-state index < -0.39 is 15.3 Å². The van der Waals surface area contributed by atoms with Gasteiger partial charge in [-0.3, -0.25) is 0 Å². The summed E-state index contributed by atoms with van der Waals surface area (Å²) in [5, 5.41) is 5.98. The molecule has 1 aliphatic heterocycles. The van der Waals surface area contributed by atoms with Gasteiger partial charge in [0.25, 0.3) is 0 Å². The highest BCUT2D eigenvalue weighted by Gasteiger charge is 2.26. The number of hydrogen-bond donors (Lipinski definition) is 3. The number of allylic oxidation sites excluding steroid dienone is 3. The molecule has 1 aromatic carbocycles. The first-order valence-electron chi connectivity index (χ1n) is 12.1. The van der Waals surface area contributed by atoms with Crippen molar-refractivity contribution in [3.63, 3.8) is 0 Å². The number of morpholine rings is 1. The van der Waals surface area contributed by atoms with E-state index >= 15 is 0 Å². The molecule has 35 heavy (non-hydrogen) atoms. The number of rotatable bonds is 9. The van der Waals surface area contributed by atoms with Crippen LogP contribution in [0.4, 0.5) is 23.1 Å². The van der Waals surface area contributed by atoms with E-state index in [0.29, 0.717) is 18.2 Å². The van der Waals surface area contributed by atoms with E-state index in [1.54, 1.807) is 18.3 Å². The fraction of sp³-hybridized carbons (Fsp3) is 0.440. The van der Waals surface area contributed by atoms with Gasteiger partial charge in [0.2, 0.25) is 16.0 Å². The number of anilines is 4. The van der Waals surface area contributed by atoms with Crippen LogP contribution in [0.3, 0.4) is 0 Å². The van der Waals surface area contributed by atoms with E-state index in [-0.39, 0.29) is 6.04 Å². The minimum absolute atomic E-state index is 0.152. The molecule has 188 valence electrons. The van der Waals surface area contributed by atoms with Gasteiger partial charge in [0.15, 0.2) is 0 Å². The molecule has 1 saturated heterocycles. The summed E-state index contributed by atoms with van der Waals surface area (Å²) in [5.74, 6) is 1.14. The topological polar surface area (TPSA) is 108 Å². The minimum atomic E-state index is -3.46. The van der Waals surface area contributed by atoms with Crippen LogP contribution in [0.1, 0.15) is 32.8 Å². The number of sulfonamides is 1. The van der Waals surface area contributed by atoms with Crippen LogP contribution in [-0.4, -0.2) is 56.0 Å². The van der Waals surface area contributed by atoms with Crippen molar-refractivity contribution in [2.24, 2.45) is 0 Å². The summed E-state index contributed by atoms with van der Waals surface area (Å²) in [6, 6.07) is 8.04. The molecule has 1 atom stereocenters. The maximum absolute atomic E-state index is 12.6. The molecular weight excluding hydrogens is 464 g/mol. The second-order valence-electron chi connectivity index (χ2n) is 8.95. The van der Waals surface area contributed by atoms with Gasteiger partial charge in [-0.1, -0.05) is 19.1 Å². The molecule has 2 aromatic rings. The normalized spacial score (nSPS) is 18.5. The quantitative estimate of drug-likeness (QED) is 0.482. The van der Waals surface area contributed by atoms with E-state index in [1.807, 2.05) is 39.0 Å². The van der Waals surface area contributed by atoms with Crippen LogP contribution in [0.5, 0.6) is 0 Å². The summed E-state index contributed by atoms with van der Waals surface area (Å²) in [4.78, 5) is 11.5. The van der Waals surface area contributed by atoms with Gasteiger partial charge in [0.1, 0.15) is 5.82 Å². The lowest BCUT2D eigenvalue weighted by Gasteiger charge is -2.28. The molecule has 2 aliphatic rings. The predicted molar refractivity (Wildman–Crippen MR) is 141 cm³/mol. The summed E-state index contributed by atoms with van der Waals surface area (Å²) in [5.41, 5.74) is 3.80. The van der Waals surface area contributed by atoms with Gasteiger partial charge in [-0.15, -0.1) is 0 Å². The van der Waals surface area contributed by atoms with Gasteiger partial charge in [0, 0.05) is 54.4 Å². The van der Waals surface area contributed by atoms with E-state index in [9.17, 15) is 8.42 Å². The molecule has 0 spiro atoms. The lowest BCUT2D eigenvalue weighted by Crippen LogP contribution is -2.38. The molecule has 0 radical (unpaired) electrons. The molecule has 0 amide bonds. The Balaban J connectivity index is 1.45. The van der Waals surface area contributed by atoms with Crippen LogP contribution in [0.15, 0.2) is 54.4 Å². The van der Waals surface area contributed by atoms with Gasteiger partial charge in [0.05, 0.1) is 18.5 Å². The third-order valence-corrected chi connectivity index (χ3v) is 7.79. The number of aryl methyl sites for hydroxylation is 1. The van der Waals surface area contributed by atoms with Gasteiger partial charge in [-0.25, -0.2) is 18.1 Å². The molecule has 1 fully saturated rings. The predicted octanol–water partition coefficient (Wildman–Crippen LogP) is 3.57. The first-order chi connectivity index (χ1) is 16.8. The molecule has 4 rings (SSSR count). The SMILES string of the molecule is CCc1cnc(Nc2ccc(N3CCOCC3)cc2)nc1NC1=CC=CC(S(=O)(=O)NC(C)C)C1. The maximum atomic E-state index is 12.6. The third kappa shape index (κ3) is 6.59. The number of ether oxygens (including phenoxy) is 1. The van der Waals surface area contributed by atoms with Crippen molar-refractivity contribution in [1.82, 2.24) is 14.7 Å². The Morgan fingerprint density at radius 3 is 2.57 bits per heavy atom. The number of hydrogen-bond acceptors (Lipinski definition) is 8. The van der Waals surface area contributed by atoms with Crippen molar-refractivity contribution < 1.29 is 13.2 Å². The van der Waals surface area contributed by atoms with Crippen molar-refractivity contribution in [2.75, 3.05) is 41.8 Å². The largest absolute Gasteiger partial charge is 0.378 e. The lowest BCUT2D eigenvalue weighted by molar-refractivity contribution is 0.122. The van der Waals surface area contributed by atoms with E-state index in [0.717, 1.165) is 55.4 Å². The van der Waals surface area contributed by atoms with Crippen molar-refractivity contribution >= 4 is 33.2 Å². The molecule has 1 aliphatic carbocycles. The number of benzene rings is 1.